The van der Waals surface area contributed by atoms with Gasteiger partial charge < -0.3 is 15.2 Å². The van der Waals surface area contributed by atoms with Crippen molar-refractivity contribution in [2.75, 3.05) is 19.8 Å². The summed E-state index contributed by atoms with van der Waals surface area (Å²) in [6.45, 7) is 0.866. The van der Waals surface area contributed by atoms with Crippen LogP contribution < -0.4 is 10.1 Å². The summed E-state index contributed by atoms with van der Waals surface area (Å²) >= 11 is 0. The van der Waals surface area contributed by atoms with E-state index < -0.39 is 23.3 Å². The van der Waals surface area contributed by atoms with Crippen LogP contribution in [0.1, 0.15) is 5.56 Å². The number of aliphatic hydroxyl groups is 1. The monoisotopic (exact) mass is 272 g/mol. The molecule has 19 heavy (non-hydrogen) atoms. The van der Waals surface area contributed by atoms with Crippen LogP contribution in [-0.4, -0.2) is 35.7 Å². The van der Waals surface area contributed by atoms with Gasteiger partial charge in [0.1, 0.15) is 0 Å². The molecule has 0 spiro atoms. The molecule has 1 aromatic carbocycles. The Bertz CT molecular complexity index is 492. The van der Waals surface area contributed by atoms with Crippen LogP contribution in [0.2, 0.25) is 0 Å². The van der Waals surface area contributed by atoms with Gasteiger partial charge in [0.15, 0.2) is 18.2 Å². The highest BCUT2D eigenvalue weighted by atomic mass is 19.1. The number of ether oxygens (including phenoxy) is 1. The number of halogens is 1. The molecular formula is C11H13FN2O5. The van der Waals surface area contributed by atoms with Crippen molar-refractivity contribution in [3.05, 3.63) is 33.6 Å². The van der Waals surface area contributed by atoms with Gasteiger partial charge in [0.25, 0.3) is 11.6 Å². The highest BCUT2D eigenvalue weighted by Gasteiger charge is 2.16. The van der Waals surface area contributed by atoms with Crippen molar-refractivity contribution in [1.29, 1.82) is 0 Å². The third-order valence-electron chi connectivity index (χ3n) is 2.24. The van der Waals surface area contributed by atoms with E-state index in [0.29, 0.717) is 0 Å². The summed E-state index contributed by atoms with van der Waals surface area (Å²) in [5.41, 5.74) is -0.119. The minimum atomic E-state index is -0.910. The number of benzene rings is 1. The SMILES string of the molecule is Cc1cc(OCC(=O)NCCO)c(F)cc1[N+](=O)[O-]. The molecule has 1 aromatic rings. The summed E-state index contributed by atoms with van der Waals surface area (Å²) in [7, 11) is 0. The molecule has 7 nitrogen and oxygen atoms in total. The second-order valence-corrected chi connectivity index (χ2v) is 3.69. The van der Waals surface area contributed by atoms with Gasteiger partial charge in [-0.2, -0.15) is 0 Å². The van der Waals surface area contributed by atoms with Crippen LogP contribution in [0.15, 0.2) is 12.1 Å². The fourth-order valence-electron chi connectivity index (χ4n) is 1.34. The summed E-state index contributed by atoms with van der Waals surface area (Å²) in [5, 5.41) is 21.4. The molecule has 104 valence electrons. The first-order chi connectivity index (χ1) is 8.95. The second-order valence-electron chi connectivity index (χ2n) is 3.69. The second kappa shape index (κ2) is 6.64. The van der Waals surface area contributed by atoms with Crippen LogP contribution in [0, 0.1) is 22.9 Å². The molecular weight excluding hydrogens is 259 g/mol. The van der Waals surface area contributed by atoms with E-state index in [1.807, 2.05) is 0 Å². The summed E-state index contributed by atoms with van der Waals surface area (Å²) in [6.07, 6.45) is 0. The molecule has 0 atom stereocenters. The number of nitrogens with zero attached hydrogens (tertiary/aromatic N) is 1. The van der Waals surface area contributed by atoms with Crippen LogP contribution >= 0.6 is 0 Å². The van der Waals surface area contributed by atoms with Crippen LogP contribution in [0.5, 0.6) is 5.75 Å². The third-order valence-corrected chi connectivity index (χ3v) is 2.24. The zero-order chi connectivity index (χ0) is 14.4. The van der Waals surface area contributed by atoms with Crippen LogP contribution in [-0.2, 0) is 4.79 Å². The molecule has 0 saturated carbocycles. The maximum Gasteiger partial charge on any atom is 0.275 e. The Balaban J connectivity index is 2.72. The summed E-state index contributed by atoms with van der Waals surface area (Å²) in [6, 6.07) is 1.91. The predicted molar refractivity (Wildman–Crippen MR) is 63.4 cm³/mol. The predicted octanol–water partition coefficient (Wildman–Crippen LogP) is 0.530. The number of nitro benzene ring substituents is 1. The molecule has 0 aliphatic carbocycles. The Kier molecular flexibility index (Phi) is 5.19. The minimum absolute atomic E-state index is 0.0734. The van der Waals surface area contributed by atoms with Gasteiger partial charge in [-0.3, -0.25) is 14.9 Å². The Hall–Kier alpha value is -2.22. The number of hydrogen-bond donors (Lipinski definition) is 2. The summed E-state index contributed by atoms with van der Waals surface area (Å²) in [5.74, 6) is -1.67. The average molecular weight is 272 g/mol. The molecule has 0 radical (unpaired) electrons. The lowest BCUT2D eigenvalue weighted by atomic mass is 10.2. The third kappa shape index (κ3) is 4.18. The number of nitro groups is 1. The minimum Gasteiger partial charge on any atom is -0.481 e. The lowest BCUT2D eigenvalue weighted by molar-refractivity contribution is -0.385. The van der Waals surface area contributed by atoms with E-state index in [1.165, 1.54) is 6.92 Å². The fourth-order valence-corrected chi connectivity index (χ4v) is 1.34. The van der Waals surface area contributed by atoms with E-state index in [9.17, 15) is 19.3 Å². The topological polar surface area (TPSA) is 102 Å². The number of nitrogens with one attached hydrogen (secondary N) is 1. The van der Waals surface area contributed by atoms with E-state index in [1.54, 1.807) is 0 Å². The fraction of sp³-hybridized carbons (Fsp3) is 0.364. The first-order valence-electron chi connectivity index (χ1n) is 5.40. The summed E-state index contributed by atoms with van der Waals surface area (Å²) in [4.78, 5) is 21.1. The smallest absolute Gasteiger partial charge is 0.275 e. The quantitative estimate of drug-likeness (QED) is 0.581. The molecule has 0 saturated heterocycles. The Morgan fingerprint density at radius 3 is 2.84 bits per heavy atom. The van der Waals surface area contributed by atoms with Crippen molar-refractivity contribution in [2.45, 2.75) is 6.92 Å². The van der Waals surface area contributed by atoms with E-state index in [0.717, 1.165) is 12.1 Å². The number of carbonyl (C=O) groups is 1. The molecule has 0 aliphatic rings. The van der Waals surface area contributed by atoms with Gasteiger partial charge in [0.05, 0.1) is 17.6 Å². The molecule has 1 amide bonds. The number of hydrogen-bond acceptors (Lipinski definition) is 5. The average Bonchev–Trinajstić information content (AvgIpc) is 2.36. The van der Waals surface area contributed by atoms with Crippen LogP contribution in [0.4, 0.5) is 10.1 Å². The van der Waals surface area contributed by atoms with Crippen molar-refractivity contribution in [3.8, 4) is 5.75 Å². The maximum absolute atomic E-state index is 13.5. The van der Waals surface area contributed by atoms with Crippen LogP contribution in [0.3, 0.4) is 0 Å². The van der Waals surface area contributed by atoms with Crippen molar-refractivity contribution in [3.63, 3.8) is 0 Å². The summed E-state index contributed by atoms with van der Waals surface area (Å²) < 4.78 is 18.4. The number of amides is 1. The number of aryl methyl sites for hydroxylation is 1. The van der Waals surface area contributed by atoms with Gasteiger partial charge in [-0.25, -0.2) is 4.39 Å². The molecule has 0 fully saturated rings. The van der Waals surface area contributed by atoms with Crippen molar-refractivity contribution in [1.82, 2.24) is 5.32 Å². The van der Waals surface area contributed by atoms with Gasteiger partial charge >= 0.3 is 0 Å². The number of aliphatic hydroxyl groups excluding tert-OH is 1. The lowest BCUT2D eigenvalue weighted by Crippen LogP contribution is -2.31. The number of carbonyl (C=O) groups excluding carboxylic acids is 1. The van der Waals surface area contributed by atoms with Gasteiger partial charge in [-0.05, 0) is 13.0 Å². The molecule has 8 heteroatoms. The van der Waals surface area contributed by atoms with E-state index >= 15 is 0 Å². The lowest BCUT2D eigenvalue weighted by Gasteiger charge is -2.08. The van der Waals surface area contributed by atoms with Crippen molar-refractivity contribution < 1.29 is 24.0 Å². The molecule has 0 aliphatic heterocycles. The Morgan fingerprint density at radius 2 is 2.26 bits per heavy atom. The van der Waals surface area contributed by atoms with Gasteiger partial charge in [-0.1, -0.05) is 0 Å². The zero-order valence-electron chi connectivity index (χ0n) is 10.2. The Labute approximate surface area is 108 Å². The van der Waals surface area contributed by atoms with Crippen molar-refractivity contribution >= 4 is 11.6 Å². The molecule has 0 bridgehead atoms. The first-order valence-corrected chi connectivity index (χ1v) is 5.40. The van der Waals surface area contributed by atoms with Gasteiger partial charge in [0, 0.05) is 12.1 Å². The van der Waals surface area contributed by atoms with Crippen LogP contribution in [0.25, 0.3) is 0 Å². The standard InChI is InChI=1S/C11H13FN2O5/c1-7-4-10(8(12)5-9(7)14(17)18)19-6-11(16)13-2-3-15/h4-5,15H,2-3,6H2,1H3,(H,13,16). The van der Waals surface area contributed by atoms with Gasteiger partial charge in [0.2, 0.25) is 0 Å². The van der Waals surface area contributed by atoms with E-state index in [2.05, 4.69) is 5.32 Å². The molecule has 0 heterocycles. The highest BCUT2D eigenvalue weighted by molar-refractivity contribution is 5.77. The molecule has 0 aromatic heterocycles. The molecule has 0 unspecified atom stereocenters. The maximum atomic E-state index is 13.5. The normalized spacial score (nSPS) is 10.1. The molecule has 2 N–H and O–H groups in total. The Morgan fingerprint density at radius 1 is 1.58 bits per heavy atom. The van der Waals surface area contributed by atoms with Crippen molar-refractivity contribution in [2.24, 2.45) is 0 Å². The van der Waals surface area contributed by atoms with E-state index in [-0.39, 0.29) is 30.2 Å². The largest absolute Gasteiger partial charge is 0.481 e. The first kappa shape index (κ1) is 14.8. The van der Waals surface area contributed by atoms with Gasteiger partial charge in [-0.15, -0.1) is 0 Å². The molecule has 1 rings (SSSR count). The highest BCUT2D eigenvalue weighted by Crippen LogP contribution is 2.26. The van der Waals surface area contributed by atoms with E-state index in [4.69, 9.17) is 9.84 Å². The number of rotatable bonds is 6. The zero-order valence-corrected chi connectivity index (χ0v) is 10.2.